The van der Waals surface area contributed by atoms with Crippen LogP contribution >= 0.6 is 0 Å². The van der Waals surface area contributed by atoms with Gasteiger partial charge in [-0.1, -0.05) is 6.42 Å². The average molecular weight is 298 g/mol. The van der Waals surface area contributed by atoms with Crippen LogP contribution in [0.4, 0.5) is 0 Å². The number of hydrogen-bond acceptors (Lipinski definition) is 6. The molecule has 0 radical (unpaired) electrons. The van der Waals surface area contributed by atoms with Crippen molar-refractivity contribution in [2.45, 2.75) is 31.7 Å². The maximum Gasteiger partial charge on any atom is 0.331 e. The van der Waals surface area contributed by atoms with Crippen LogP contribution in [0.3, 0.4) is 0 Å². The summed E-state index contributed by atoms with van der Waals surface area (Å²) >= 11 is 0. The van der Waals surface area contributed by atoms with Crippen LogP contribution in [0.15, 0.2) is 12.2 Å². The van der Waals surface area contributed by atoms with Gasteiger partial charge in [-0.25, -0.2) is 9.59 Å². The fourth-order valence-electron chi connectivity index (χ4n) is 1.91. The van der Waals surface area contributed by atoms with Gasteiger partial charge in [-0.3, -0.25) is 4.79 Å². The van der Waals surface area contributed by atoms with Gasteiger partial charge >= 0.3 is 11.9 Å². The molecule has 0 spiro atoms. The maximum absolute atomic E-state index is 11.8. The van der Waals surface area contributed by atoms with E-state index in [1.807, 2.05) is 0 Å². The molecule has 0 aliphatic carbocycles. The van der Waals surface area contributed by atoms with E-state index in [9.17, 15) is 14.4 Å². The molecule has 1 aliphatic rings. The second kappa shape index (κ2) is 9.93. The highest BCUT2D eigenvalue weighted by Gasteiger charge is 2.19. The first-order valence-electron chi connectivity index (χ1n) is 7.07. The molecule has 1 atom stereocenters. The second-order valence-electron chi connectivity index (χ2n) is 4.67. The molecule has 1 aliphatic heterocycles. The van der Waals surface area contributed by atoms with Gasteiger partial charge in [-0.2, -0.15) is 0 Å². The van der Waals surface area contributed by atoms with Crippen LogP contribution < -0.4 is 10.6 Å². The molecule has 1 unspecified atom stereocenters. The van der Waals surface area contributed by atoms with E-state index in [0.29, 0.717) is 13.0 Å². The van der Waals surface area contributed by atoms with Crippen LogP contribution in [-0.2, 0) is 23.9 Å². The molecule has 0 bridgehead atoms. The minimum Gasteiger partial charge on any atom is -0.466 e. The molecule has 1 heterocycles. The Hall–Kier alpha value is -1.89. The molecule has 1 rings (SSSR count). The fourth-order valence-corrected chi connectivity index (χ4v) is 1.91. The number of hydrogen-bond donors (Lipinski definition) is 2. The van der Waals surface area contributed by atoms with Gasteiger partial charge in [0.05, 0.1) is 19.8 Å². The third kappa shape index (κ3) is 7.45. The summed E-state index contributed by atoms with van der Waals surface area (Å²) in [6, 6.07) is -0.107. The lowest BCUT2D eigenvalue weighted by Gasteiger charge is -2.22. The molecular formula is C14H22N2O5. The number of ether oxygens (including phenoxy) is 2. The van der Waals surface area contributed by atoms with E-state index in [4.69, 9.17) is 4.74 Å². The van der Waals surface area contributed by atoms with E-state index in [-0.39, 0.29) is 18.6 Å². The van der Waals surface area contributed by atoms with Crippen LogP contribution in [0.1, 0.15) is 25.7 Å². The molecule has 118 valence electrons. The zero-order valence-electron chi connectivity index (χ0n) is 12.2. The summed E-state index contributed by atoms with van der Waals surface area (Å²) in [7, 11) is 1.22. The standard InChI is InChI=1S/C14H22N2O5/c1-20-12(17)6-7-13(18)21-10-4-9-16-14(19)11-5-2-3-8-15-11/h6-7,11,15H,2-5,8-10H2,1H3,(H,16,19)/b7-6+. The van der Waals surface area contributed by atoms with E-state index >= 15 is 0 Å². The highest BCUT2D eigenvalue weighted by Crippen LogP contribution is 2.06. The number of nitrogens with one attached hydrogen (secondary N) is 2. The van der Waals surface area contributed by atoms with Gasteiger partial charge in [0.25, 0.3) is 0 Å². The molecule has 1 saturated heterocycles. The zero-order valence-corrected chi connectivity index (χ0v) is 12.2. The van der Waals surface area contributed by atoms with E-state index in [2.05, 4.69) is 15.4 Å². The van der Waals surface area contributed by atoms with Gasteiger partial charge in [0, 0.05) is 18.7 Å². The van der Waals surface area contributed by atoms with Crippen molar-refractivity contribution >= 4 is 17.8 Å². The largest absolute Gasteiger partial charge is 0.466 e. The summed E-state index contributed by atoms with van der Waals surface area (Å²) in [5, 5.41) is 5.96. The SMILES string of the molecule is COC(=O)/C=C/C(=O)OCCCNC(=O)C1CCCCN1. The lowest BCUT2D eigenvalue weighted by atomic mass is 10.0. The predicted octanol–water partition coefficient (Wildman–Crippen LogP) is -0.0928. The summed E-state index contributed by atoms with van der Waals surface area (Å²) in [6.45, 7) is 1.51. The smallest absolute Gasteiger partial charge is 0.331 e. The molecule has 1 amide bonds. The first-order valence-corrected chi connectivity index (χ1v) is 7.07. The number of amides is 1. The van der Waals surface area contributed by atoms with Crippen molar-refractivity contribution in [2.75, 3.05) is 26.8 Å². The zero-order chi connectivity index (χ0) is 15.5. The average Bonchev–Trinajstić information content (AvgIpc) is 2.52. The van der Waals surface area contributed by atoms with Crippen LogP contribution in [-0.4, -0.2) is 50.7 Å². The Morgan fingerprint density at radius 2 is 2.00 bits per heavy atom. The fraction of sp³-hybridized carbons (Fsp3) is 0.643. The van der Waals surface area contributed by atoms with Gasteiger partial charge < -0.3 is 20.1 Å². The Morgan fingerprint density at radius 1 is 1.24 bits per heavy atom. The van der Waals surface area contributed by atoms with Crippen LogP contribution in [0.2, 0.25) is 0 Å². The third-order valence-corrected chi connectivity index (χ3v) is 3.05. The Balaban J connectivity index is 2.06. The first-order chi connectivity index (χ1) is 10.1. The van der Waals surface area contributed by atoms with Crippen molar-refractivity contribution < 1.29 is 23.9 Å². The lowest BCUT2D eigenvalue weighted by Crippen LogP contribution is -2.46. The van der Waals surface area contributed by atoms with Crippen LogP contribution in [0, 0.1) is 0 Å². The Kier molecular flexibility index (Phi) is 8.11. The second-order valence-corrected chi connectivity index (χ2v) is 4.67. The van der Waals surface area contributed by atoms with Gasteiger partial charge in [0.1, 0.15) is 0 Å². The number of piperidine rings is 1. The van der Waals surface area contributed by atoms with E-state index in [0.717, 1.165) is 38.0 Å². The molecule has 7 nitrogen and oxygen atoms in total. The molecule has 1 fully saturated rings. The van der Waals surface area contributed by atoms with E-state index < -0.39 is 11.9 Å². The monoisotopic (exact) mass is 298 g/mol. The topological polar surface area (TPSA) is 93.7 Å². The Bertz CT molecular complexity index is 389. The van der Waals surface area contributed by atoms with Crippen molar-refractivity contribution in [1.29, 1.82) is 0 Å². The highest BCUT2D eigenvalue weighted by molar-refractivity contribution is 5.91. The summed E-state index contributed by atoms with van der Waals surface area (Å²) < 4.78 is 9.20. The summed E-state index contributed by atoms with van der Waals surface area (Å²) in [5.41, 5.74) is 0. The molecule has 7 heteroatoms. The van der Waals surface area contributed by atoms with Crippen LogP contribution in [0.5, 0.6) is 0 Å². The molecule has 21 heavy (non-hydrogen) atoms. The predicted molar refractivity (Wildman–Crippen MR) is 75.4 cm³/mol. The number of rotatable bonds is 7. The van der Waals surface area contributed by atoms with Crippen LogP contribution in [0.25, 0.3) is 0 Å². The molecule has 2 N–H and O–H groups in total. The highest BCUT2D eigenvalue weighted by atomic mass is 16.5. The van der Waals surface area contributed by atoms with Crippen molar-refractivity contribution in [2.24, 2.45) is 0 Å². The minimum atomic E-state index is -0.612. The Morgan fingerprint density at radius 3 is 2.67 bits per heavy atom. The molecule has 0 aromatic carbocycles. The van der Waals surface area contributed by atoms with Crippen molar-refractivity contribution in [3.63, 3.8) is 0 Å². The van der Waals surface area contributed by atoms with E-state index in [1.165, 1.54) is 7.11 Å². The first kappa shape index (κ1) is 17.2. The summed E-state index contributed by atoms with van der Waals surface area (Å²) in [4.78, 5) is 33.7. The molecule has 0 aromatic heterocycles. The maximum atomic E-state index is 11.8. The lowest BCUT2D eigenvalue weighted by molar-refractivity contribution is -0.139. The van der Waals surface area contributed by atoms with Gasteiger partial charge in [-0.05, 0) is 25.8 Å². The van der Waals surface area contributed by atoms with Gasteiger partial charge in [0.15, 0.2) is 0 Å². The van der Waals surface area contributed by atoms with Gasteiger partial charge in [-0.15, -0.1) is 0 Å². The molecule has 0 saturated carbocycles. The molecular weight excluding hydrogens is 276 g/mol. The minimum absolute atomic E-state index is 0.00777. The number of methoxy groups -OCH3 is 1. The van der Waals surface area contributed by atoms with E-state index in [1.54, 1.807) is 0 Å². The number of carbonyl (C=O) groups is 3. The summed E-state index contributed by atoms with van der Waals surface area (Å²) in [5.74, 6) is -1.23. The summed E-state index contributed by atoms with van der Waals surface area (Å²) in [6.07, 6.45) is 5.57. The third-order valence-electron chi connectivity index (χ3n) is 3.05. The van der Waals surface area contributed by atoms with Crippen molar-refractivity contribution in [3.8, 4) is 0 Å². The van der Waals surface area contributed by atoms with Gasteiger partial charge in [0.2, 0.25) is 5.91 Å². The van der Waals surface area contributed by atoms with Crippen molar-refractivity contribution in [3.05, 3.63) is 12.2 Å². The quantitative estimate of drug-likeness (QED) is 0.387. The number of carbonyl (C=O) groups excluding carboxylic acids is 3. The molecule has 0 aromatic rings. The van der Waals surface area contributed by atoms with Crippen molar-refractivity contribution in [1.82, 2.24) is 10.6 Å². The normalized spacial score (nSPS) is 18.2. The Labute approximate surface area is 124 Å². The number of esters is 2.